The number of para-hydroxylation sites is 2. The molecule has 0 aliphatic carbocycles. The molecule has 7 heteroatoms. The molecular formula is C30H27N5O2. The minimum absolute atomic E-state index is 0.0698. The lowest BCUT2D eigenvalue weighted by atomic mass is 10.1. The SMILES string of the molecule is COc1ccccc1-n1cc(-c2ccccc2)c2c(N3CCN(C(=O)c4ccccc4)CC3)ncnc21. The summed E-state index contributed by atoms with van der Waals surface area (Å²) in [6, 6.07) is 27.7. The fourth-order valence-electron chi connectivity index (χ4n) is 5.02. The van der Waals surface area contributed by atoms with Crippen LogP contribution in [0.3, 0.4) is 0 Å². The van der Waals surface area contributed by atoms with Gasteiger partial charge < -0.3 is 14.5 Å². The van der Waals surface area contributed by atoms with Gasteiger partial charge in [0.1, 0.15) is 17.9 Å². The van der Waals surface area contributed by atoms with Gasteiger partial charge in [-0.05, 0) is 29.8 Å². The minimum Gasteiger partial charge on any atom is -0.495 e. The molecule has 0 spiro atoms. The highest BCUT2D eigenvalue weighted by Crippen LogP contribution is 2.38. The highest BCUT2D eigenvalue weighted by molar-refractivity contribution is 6.02. The molecular weight excluding hydrogens is 462 g/mol. The number of ether oxygens (including phenoxy) is 1. The molecule has 2 aromatic heterocycles. The molecule has 1 fully saturated rings. The summed E-state index contributed by atoms with van der Waals surface area (Å²) >= 11 is 0. The number of amides is 1. The van der Waals surface area contributed by atoms with Crippen LogP contribution in [0.2, 0.25) is 0 Å². The van der Waals surface area contributed by atoms with E-state index in [0.29, 0.717) is 26.2 Å². The van der Waals surface area contributed by atoms with Gasteiger partial charge in [0, 0.05) is 43.5 Å². The van der Waals surface area contributed by atoms with E-state index in [1.54, 1.807) is 13.4 Å². The Balaban J connectivity index is 1.41. The second-order valence-electron chi connectivity index (χ2n) is 8.99. The van der Waals surface area contributed by atoms with E-state index < -0.39 is 0 Å². The lowest BCUT2D eigenvalue weighted by molar-refractivity contribution is 0.0746. The normalized spacial score (nSPS) is 13.6. The second-order valence-corrected chi connectivity index (χ2v) is 8.99. The Hall–Kier alpha value is -4.65. The molecule has 5 aromatic rings. The molecule has 0 bridgehead atoms. The first-order valence-electron chi connectivity index (χ1n) is 12.4. The summed E-state index contributed by atoms with van der Waals surface area (Å²) < 4.78 is 7.75. The van der Waals surface area contributed by atoms with E-state index in [0.717, 1.165) is 45.0 Å². The van der Waals surface area contributed by atoms with E-state index in [1.807, 2.05) is 77.7 Å². The zero-order valence-electron chi connectivity index (χ0n) is 20.6. The van der Waals surface area contributed by atoms with Crippen molar-refractivity contribution in [3.8, 4) is 22.6 Å². The van der Waals surface area contributed by atoms with Crippen molar-refractivity contribution in [2.75, 3.05) is 38.2 Å². The topological polar surface area (TPSA) is 63.5 Å². The Morgan fingerprint density at radius 3 is 2.22 bits per heavy atom. The number of aromatic nitrogens is 3. The smallest absolute Gasteiger partial charge is 0.253 e. The molecule has 0 unspecified atom stereocenters. The van der Waals surface area contributed by atoms with Gasteiger partial charge in [0.25, 0.3) is 5.91 Å². The number of hydrogen-bond donors (Lipinski definition) is 0. The second kappa shape index (κ2) is 9.78. The van der Waals surface area contributed by atoms with Crippen LogP contribution in [-0.4, -0.2) is 58.6 Å². The number of methoxy groups -OCH3 is 1. The molecule has 1 aliphatic rings. The molecule has 6 rings (SSSR count). The van der Waals surface area contributed by atoms with E-state index in [4.69, 9.17) is 14.7 Å². The van der Waals surface area contributed by atoms with Gasteiger partial charge in [-0.25, -0.2) is 9.97 Å². The van der Waals surface area contributed by atoms with E-state index in [2.05, 4.69) is 27.8 Å². The maximum Gasteiger partial charge on any atom is 0.253 e. The van der Waals surface area contributed by atoms with Gasteiger partial charge >= 0.3 is 0 Å². The highest BCUT2D eigenvalue weighted by atomic mass is 16.5. The molecule has 1 aliphatic heterocycles. The Kier molecular flexibility index (Phi) is 6.02. The molecule has 0 saturated carbocycles. The van der Waals surface area contributed by atoms with Crippen LogP contribution in [-0.2, 0) is 0 Å². The van der Waals surface area contributed by atoms with Crippen LogP contribution in [0.15, 0.2) is 97.5 Å². The quantitative estimate of drug-likeness (QED) is 0.345. The number of hydrogen-bond acceptors (Lipinski definition) is 5. The summed E-state index contributed by atoms with van der Waals surface area (Å²) in [6.45, 7) is 2.65. The van der Waals surface area contributed by atoms with Crippen LogP contribution in [0.25, 0.3) is 27.8 Å². The molecule has 37 heavy (non-hydrogen) atoms. The molecule has 184 valence electrons. The number of nitrogens with zero attached hydrogens (tertiary/aromatic N) is 5. The molecule has 0 N–H and O–H groups in total. The largest absolute Gasteiger partial charge is 0.495 e. The monoisotopic (exact) mass is 489 g/mol. The predicted octanol–water partition coefficient (Wildman–Crippen LogP) is 5.06. The molecule has 0 radical (unpaired) electrons. The van der Waals surface area contributed by atoms with E-state index in [9.17, 15) is 4.79 Å². The first kappa shape index (κ1) is 22.8. The molecule has 0 atom stereocenters. The van der Waals surface area contributed by atoms with Crippen LogP contribution in [0, 0.1) is 0 Å². The lowest BCUT2D eigenvalue weighted by Gasteiger charge is -2.35. The number of carbonyl (C=O) groups is 1. The number of fused-ring (bicyclic) bond motifs is 1. The van der Waals surface area contributed by atoms with Crippen molar-refractivity contribution in [2.24, 2.45) is 0 Å². The van der Waals surface area contributed by atoms with Gasteiger partial charge in [-0.2, -0.15) is 0 Å². The Morgan fingerprint density at radius 2 is 1.49 bits per heavy atom. The van der Waals surface area contributed by atoms with Gasteiger partial charge in [-0.3, -0.25) is 9.36 Å². The third-order valence-electron chi connectivity index (χ3n) is 6.88. The van der Waals surface area contributed by atoms with Crippen LogP contribution in [0.1, 0.15) is 10.4 Å². The molecule has 7 nitrogen and oxygen atoms in total. The van der Waals surface area contributed by atoms with Crippen molar-refractivity contribution in [3.05, 3.63) is 103 Å². The van der Waals surface area contributed by atoms with Gasteiger partial charge in [0.05, 0.1) is 18.2 Å². The van der Waals surface area contributed by atoms with Crippen LogP contribution in [0.5, 0.6) is 5.75 Å². The van der Waals surface area contributed by atoms with Crippen molar-refractivity contribution in [2.45, 2.75) is 0 Å². The van der Waals surface area contributed by atoms with E-state index in [-0.39, 0.29) is 5.91 Å². The van der Waals surface area contributed by atoms with Gasteiger partial charge in [0.2, 0.25) is 0 Å². The van der Waals surface area contributed by atoms with Gasteiger partial charge in [0.15, 0.2) is 5.65 Å². The minimum atomic E-state index is 0.0698. The van der Waals surface area contributed by atoms with Crippen LogP contribution >= 0.6 is 0 Å². The predicted molar refractivity (Wildman–Crippen MR) is 145 cm³/mol. The van der Waals surface area contributed by atoms with Crippen molar-refractivity contribution in [3.63, 3.8) is 0 Å². The first-order valence-corrected chi connectivity index (χ1v) is 12.4. The summed E-state index contributed by atoms with van der Waals surface area (Å²) in [5, 5.41) is 0.988. The summed E-state index contributed by atoms with van der Waals surface area (Å²) in [4.78, 5) is 26.6. The zero-order valence-corrected chi connectivity index (χ0v) is 20.6. The van der Waals surface area contributed by atoms with E-state index in [1.165, 1.54) is 0 Å². The lowest BCUT2D eigenvalue weighted by Crippen LogP contribution is -2.49. The van der Waals surface area contributed by atoms with E-state index >= 15 is 0 Å². The fraction of sp³-hybridized carbons (Fsp3) is 0.167. The average molecular weight is 490 g/mol. The zero-order chi connectivity index (χ0) is 25.2. The maximum absolute atomic E-state index is 13.0. The molecule has 3 aromatic carbocycles. The van der Waals surface area contributed by atoms with Crippen LogP contribution < -0.4 is 9.64 Å². The molecule has 1 saturated heterocycles. The van der Waals surface area contributed by atoms with Crippen molar-refractivity contribution in [1.29, 1.82) is 0 Å². The number of anilines is 1. The van der Waals surface area contributed by atoms with Crippen LogP contribution in [0.4, 0.5) is 5.82 Å². The maximum atomic E-state index is 13.0. The third-order valence-corrected chi connectivity index (χ3v) is 6.88. The number of rotatable bonds is 5. The van der Waals surface area contributed by atoms with Gasteiger partial charge in [-0.15, -0.1) is 0 Å². The third kappa shape index (κ3) is 4.18. The average Bonchev–Trinajstić information content (AvgIpc) is 3.37. The Morgan fingerprint density at radius 1 is 0.811 bits per heavy atom. The summed E-state index contributed by atoms with van der Waals surface area (Å²) in [5.41, 5.74) is 4.60. The summed E-state index contributed by atoms with van der Waals surface area (Å²) in [6.07, 6.45) is 3.74. The standard InChI is InChI=1S/C30H27N5O2/c1-37-26-15-9-8-14-25(26)35-20-24(22-10-4-2-5-11-22)27-28(31-21-32-29(27)35)33-16-18-34(19-17-33)30(36)23-12-6-3-7-13-23/h2-15,20-21H,16-19H2,1H3. The summed E-state index contributed by atoms with van der Waals surface area (Å²) in [7, 11) is 1.68. The number of piperazine rings is 1. The molecule has 1 amide bonds. The Labute approximate surface area is 215 Å². The molecule has 3 heterocycles. The van der Waals surface area contributed by atoms with Crippen molar-refractivity contribution >= 4 is 22.8 Å². The van der Waals surface area contributed by atoms with Crippen molar-refractivity contribution in [1.82, 2.24) is 19.4 Å². The fourth-order valence-corrected chi connectivity index (χ4v) is 5.02. The first-order chi connectivity index (χ1) is 18.2. The number of carbonyl (C=O) groups excluding carboxylic acids is 1. The number of benzene rings is 3. The Bertz CT molecular complexity index is 1540. The highest BCUT2D eigenvalue weighted by Gasteiger charge is 2.26. The van der Waals surface area contributed by atoms with Crippen molar-refractivity contribution < 1.29 is 9.53 Å². The van der Waals surface area contributed by atoms with Gasteiger partial charge in [-0.1, -0.05) is 60.7 Å². The summed E-state index contributed by atoms with van der Waals surface area (Å²) in [5.74, 6) is 1.72.